The summed E-state index contributed by atoms with van der Waals surface area (Å²) in [5.41, 5.74) is 0. The van der Waals surface area contributed by atoms with Gasteiger partial charge in [-0.2, -0.15) is 35.7 Å². The average Bonchev–Trinajstić information content (AvgIpc) is 2.66. The number of aromatic nitrogens is 3. The normalized spacial score (nSPS) is 13.2. The molecule has 0 aliphatic heterocycles. The molecule has 17 heavy (non-hydrogen) atoms. The molecule has 0 unspecified atom stereocenters. The molecule has 0 amide bonds. The number of rotatable bonds is 5. The molecule has 0 radical (unpaired) electrons. The fraction of sp³-hybridized carbons (Fsp3) is 0.667. The van der Waals surface area contributed by atoms with E-state index in [1.807, 2.05) is 0 Å². The highest BCUT2D eigenvalue weighted by atomic mass is 32.2. The third-order valence-corrected chi connectivity index (χ3v) is 3.16. The number of nitrogens with zero attached hydrogens (tertiary/aromatic N) is 3. The van der Waals surface area contributed by atoms with Crippen molar-refractivity contribution in [1.82, 2.24) is 24.2 Å². The topological polar surface area (TPSA) is 91.0 Å². The third-order valence-electron chi connectivity index (χ3n) is 1.70. The van der Waals surface area contributed by atoms with Crippen LogP contribution in [0.25, 0.3) is 0 Å². The van der Waals surface area contributed by atoms with E-state index >= 15 is 0 Å². The molecule has 0 saturated heterocycles. The maximum Gasteiger partial charge on any atom is 0.402 e. The summed E-state index contributed by atoms with van der Waals surface area (Å²) in [6.07, 6.45) is -3.43. The highest BCUT2D eigenvalue weighted by molar-refractivity contribution is 7.87. The fourth-order valence-electron chi connectivity index (χ4n) is 0.886. The second-order valence-electron chi connectivity index (χ2n) is 3.13. The van der Waals surface area contributed by atoms with Gasteiger partial charge in [-0.05, 0) is 0 Å². The molecule has 11 heteroatoms. The Hall–Kier alpha value is -1.20. The molecule has 0 aliphatic carbocycles. The molecule has 0 saturated carbocycles. The zero-order valence-electron chi connectivity index (χ0n) is 8.69. The van der Waals surface area contributed by atoms with Gasteiger partial charge >= 0.3 is 6.18 Å². The summed E-state index contributed by atoms with van der Waals surface area (Å²) in [4.78, 5) is 3.66. The quantitative estimate of drug-likeness (QED) is 0.766. The zero-order chi connectivity index (χ0) is 13.1. The van der Waals surface area contributed by atoms with Crippen LogP contribution in [-0.4, -0.2) is 47.7 Å². The minimum atomic E-state index is -4.60. The van der Waals surface area contributed by atoms with Crippen LogP contribution in [0, 0.1) is 0 Å². The highest BCUT2D eigenvalue weighted by Crippen LogP contribution is 2.13. The Morgan fingerprint density at radius 2 is 2.18 bits per heavy atom. The van der Waals surface area contributed by atoms with Gasteiger partial charge in [0.15, 0.2) is 0 Å². The lowest BCUT2D eigenvalue weighted by atomic mass is 10.6. The molecule has 0 aromatic carbocycles. The summed E-state index contributed by atoms with van der Waals surface area (Å²) in [7, 11) is -3.07. The first-order valence-electron chi connectivity index (χ1n) is 4.32. The van der Waals surface area contributed by atoms with Gasteiger partial charge in [0.25, 0.3) is 10.2 Å². The van der Waals surface area contributed by atoms with Crippen LogP contribution in [0.5, 0.6) is 0 Å². The summed E-state index contributed by atoms with van der Waals surface area (Å²) in [5, 5.41) is 5.88. The average molecular weight is 273 g/mol. The number of H-pyrrole nitrogens is 1. The Labute approximate surface area is 95.2 Å². The second kappa shape index (κ2) is 4.98. The molecule has 98 valence electrons. The van der Waals surface area contributed by atoms with Gasteiger partial charge in [0.1, 0.15) is 18.7 Å². The van der Waals surface area contributed by atoms with E-state index in [0.717, 1.165) is 7.05 Å². The molecule has 0 bridgehead atoms. The second-order valence-corrected chi connectivity index (χ2v) is 4.99. The first kappa shape index (κ1) is 13.9. The Morgan fingerprint density at radius 3 is 2.65 bits per heavy atom. The Kier molecular flexibility index (Phi) is 4.06. The van der Waals surface area contributed by atoms with Crippen LogP contribution in [-0.2, 0) is 16.8 Å². The minimum absolute atomic E-state index is 0.201. The van der Waals surface area contributed by atoms with Crippen molar-refractivity contribution in [2.45, 2.75) is 12.7 Å². The smallest absolute Gasteiger partial charge is 0.262 e. The van der Waals surface area contributed by atoms with Crippen molar-refractivity contribution in [1.29, 1.82) is 0 Å². The van der Waals surface area contributed by atoms with Gasteiger partial charge in [-0.15, -0.1) is 0 Å². The molecule has 2 N–H and O–H groups in total. The lowest BCUT2D eigenvalue weighted by molar-refractivity contribution is -0.121. The maximum atomic E-state index is 11.9. The highest BCUT2D eigenvalue weighted by Gasteiger charge is 2.31. The van der Waals surface area contributed by atoms with Crippen LogP contribution in [0.4, 0.5) is 13.2 Å². The van der Waals surface area contributed by atoms with Crippen LogP contribution < -0.4 is 4.72 Å². The van der Waals surface area contributed by atoms with Gasteiger partial charge in [0, 0.05) is 7.05 Å². The zero-order valence-corrected chi connectivity index (χ0v) is 9.51. The molecule has 7 nitrogen and oxygen atoms in total. The first-order chi connectivity index (χ1) is 7.71. The first-order valence-corrected chi connectivity index (χ1v) is 5.76. The van der Waals surface area contributed by atoms with Crippen LogP contribution in [0.2, 0.25) is 0 Å². The Bertz CT molecular complexity index is 443. The number of nitrogens with one attached hydrogen (secondary N) is 2. The monoisotopic (exact) mass is 273 g/mol. The van der Waals surface area contributed by atoms with Crippen molar-refractivity contribution in [3.8, 4) is 0 Å². The molecular formula is C6H10F3N5O2S. The van der Waals surface area contributed by atoms with Gasteiger partial charge in [-0.25, -0.2) is 4.98 Å². The van der Waals surface area contributed by atoms with E-state index in [1.165, 1.54) is 11.0 Å². The van der Waals surface area contributed by atoms with Crippen LogP contribution >= 0.6 is 0 Å². The van der Waals surface area contributed by atoms with E-state index < -0.39 is 22.9 Å². The third kappa shape index (κ3) is 4.66. The number of aromatic amines is 1. The predicted octanol–water partition coefficient (Wildman–Crippen LogP) is -0.367. The van der Waals surface area contributed by atoms with E-state index in [-0.39, 0.29) is 12.4 Å². The van der Waals surface area contributed by atoms with Crippen molar-refractivity contribution in [2.24, 2.45) is 0 Å². The van der Waals surface area contributed by atoms with Crippen LogP contribution in [0.1, 0.15) is 5.82 Å². The van der Waals surface area contributed by atoms with E-state index in [4.69, 9.17) is 0 Å². The largest absolute Gasteiger partial charge is 0.402 e. The molecule has 1 rings (SSSR count). The molecule has 0 aliphatic rings. The number of alkyl halides is 3. The van der Waals surface area contributed by atoms with E-state index in [2.05, 4.69) is 15.2 Å². The molecule has 1 aromatic heterocycles. The van der Waals surface area contributed by atoms with Crippen molar-refractivity contribution in [3.63, 3.8) is 0 Å². The summed E-state index contributed by atoms with van der Waals surface area (Å²) in [6, 6.07) is 0. The number of hydrogen-bond donors (Lipinski definition) is 2. The number of hydrogen-bond acceptors (Lipinski definition) is 4. The standard InChI is InChI=1S/C6H10F3N5O2S/c1-14(2-5-10-4-11-13-5)17(15,16)12-3-6(7,8)9/h4,12H,2-3H2,1H3,(H,10,11,13). The number of halogens is 3. The minimum Gasteiger partial charge on any atom is -0.262 e. The van der Waals surface area contributed by atoms with Gasteiger partial charge in [0.2, 0.25) is 0 Å². The Morgan fingerprint density at radius 1 is 1.53 bits per heavy atom. The van der Waals surface area contributed by atoms with Crippen molar-refractivity contribution < 1.29 is 21.6 Å². The summed E-state index contributed by atoms with van der Waals surface area (Å²) in [6.45, 7) is -1.82. The van der Waals surface area contributed by atoms with E-state index in [9.17, 15) is 21.6 Å². The van der Waals surface area contributed by atoms with Crippen LogP contribution in [0.15, 0.2) is 6.33 Å². The predicted molar refractivity (Wildman–Crippen MR) is 50.8 cm³/mol. The van der Waals surface area contributed by atoms with Gasteiger partial charge in [0.05, 0.1) is 6.54 Å². The summed E-state index contributed by atoms with van der Waals surface area (Å²) in [5.74, 6) is 0.227. The van der Waals surface area contributed by atoms with Crippen molar-refractivity contribution in [2.75, 3.05) is 13.6 Å². The lowest BCUT2D eigenvalue weighted by Gasteiger charge is -2.17. The SMILES string of the molecule is CN(Cc1ncn[nH]1)S(=O)(=O)NCC(F)(F)F. The molecular weight excluding hydrogens is 263 g/mol. The van der Waals surface area contributed by atoms with Crippen LogP contribution in [0.3, 0.4) is 0 Å². The maximum absolute atomic E-state index is 11.9. The van der Waals surface area contributed by atoms with Crippen molar-refractivity contribution in [3.05, 3.63) is 12.2 Å². The van der Waals surface area contributed by atoms with Gasteiger partial charge < -0.3 is 0 Å². The summed E-state index contributed by atoms with van der Waals surface area (Å²) >= 11 is 0. The molecule has 0 atom stereocenters. The molecule has 1 heterocycles. The molecule has 0 spiro atoms. The lowest BCUT2D eigenvalue weighted by Crippen LogP contribution is -2.42. The Balaban J connectivity index is 2.58. The van der Waals surface area contributed by atoms with E-state index in [1.54, 1.807) is 0 Å². The fourth-order valence-corrected chi connectivity index (χ4v) is 1.74. The molecule has 0 fully saturated rings. The van der Waals surface area contributed by atoms with Gasteiger partial charge in [-0.1, -0.05) is 0 Å². The van der Waals surface area contributed by atoms with E-state index in [0.29, 0.717) is 4.31 Å². The van der Waals surface area contributed by atoms with Crippen molar-refractivity contribution >= 4 is 10.2 Å². The summed E-state index contributed by atoms with van der Waals surface area (Å²) < 4.78 is 60.4. The molecule has 1 aromatic rings. The van der Waals surface area contributed by atoms with Gasteiger partial charge in [-0.3, -0.25) is 5.10 Å².